The maximum Gasteiger partial charge on any atom is 0.260 e. The molecule has 0 heterocycles. The second-order valence-electron chi connectivity index (χ2n) is 4.99. The molecular formula is C14H19F3N2O. The molecule has 112 valence electrons. The lowest BCUT2D eigenvalue weighted by Gasteiger charge is -2.16. The van der Waals surface area contributed by atoms with Gasteiger partial charge in [0.1, 0.15) is 5.82 Å². The van der Waals surface area contributed by atoms with E-state index in [9.17, 15) is 18.0 Å². The molecule has 0 radical (unpaired) electrons. The van der Waals surface area contributed by atoms with Gasteiger partial charge in [-0.25, -0.2) is 13.2 Å². The first-order valence-corrected chi connectivity index (χ1v) is 6.42. The highest BCUT2D eigenvalue weighted by Gasteiger charge is 2.27. The summed E-state index contributed by atoms with van der Waals surface area (Å²) in [6.07, 6.45) is -0.627. The van der Waals surface area contributed by atoms with E-state index in [1.165, 1.54) is 6.07 Å². The number of alkyl halides is 2. The molecule has 0 aromatic heterocycles. The number of nitrogens with one attached hydrogen (secondary N) is 1. The van der Waals surface area contributed by atoms with Crippen LogP contribution in [0, 0.1) is 5.82 Å². The molecule has 20 heavy (non-hydrogen) atoms. The molecule has 0 unspecified atom stereocenters. The molecule has 3 N–H and O–H groups in total. The Labute approximate surface area is 116 Å². The number of carbonyl (C=O) groups excluding carboxylic acids is 1. The van der Waals surface area contributed by atoms with E-state index >= 15 is 0 Å². The summed E-state index contributed by atoms with van der Waals surface area (Å²) in [7, 11) is 0. The third-order valence-electron chi connectivity index (χ3n) is 2.79. The largest absolute Gasteiger partial charge is 0.350 e. The third kappa shape index (κ3) is 4.85. The number of hydrogen-bond donors (Lipinski definition) is 2. The normalized spacial score (nSPS) is 11.8. The van der Waals surface area contributed by atoms with Crippen molar-refractivity contribution in [2.75, 3.05) is 6.54 Å². The van der Waals surface area contributed by atoms with E-state index < -0.39 is 30.6 Å². The van der Waals surface area contributed by atoms with Gasteiger partial charge in [0.2, 0.25) is 0 Å². The number of rotatable bonds is 6. The van der Waals surface area contributed by atoms with Crippen molar-refractivity contribution in [3.63, 3.8) is 0 Å². The molecular weight excluding hydrogens is 269 g/mol. The molecule has 6 heteroatoms. The zero-order chi connectivity index (χ0) is 15.3. The Morgan fingerprint density at radius 2 is 2.05 bits per heavy atom. The highest BCUT2D eigenvalue weighted by atomic mass is 19.3. The molecule has 0 bridgehead atoms. The summed E-state index contributed by atoms with van der Waals surface area (Å²) in [6.45, 7) is 2.79. The summed E-state index contributed by atoms with van der Waals surface area (Å²) in [5, 5.41) is 2.66. The summed E-state index contributed by atoms with van der Waals surface area (Å²) >= 11 is 0. The van der Waals surface area contributed by atoms with Gasteiger partial charge in [0, 0.05) is 18.0 Å². The third-order valence-corrected chi connectivity index (χ3v) is 2.79. The van der Waals surface area contributed by atoms with Gasteiger partial charge in [-0.3, -0.25) is 4.79 Å². The van der Waals surface area contributed by atoms with Gasteiger partial charge in [-0.1, -0.05) is 0 Å². The van der Waals surface area contributed by atoms with Crippen LogP contribution in [0.25, 0.3) is 0 Å². The maximum absolute atomic E-state index is 13.2. The SMILES string of the molecule is CC(C)NC(=O)c1ccc(F)cc1CCC(F)(F)CN. The van der Waals surface area contributed by atoms with Gasteiger partial charge in [-0.2, -0.15) is 0 Å². The second-order valence-corrected chi connectivity index (χ2v) is 4.99. The molecule has 1 rings (SSSR count). The van der Waals surface area contributed by atoms with Crippen molar-refractivity contribution in [2.24, 2.45) is 5.73 Å². The second kappa shape index (κ2) is 6.74. The van der Waals surface area contributed by atoms with Gasteiger partial charge in [0.25, 0.3) is 11.8 Å². The van der Waals surface area contributed by atoms with Crippen molar-refractivity contribution in [1.29, 1.82) is 0 Å². The highest BCUT2D eigenvalue weighted by molar-refractivity contribution is 5.95. The first kappa shape index (κ1) is 16.5. The Morgan fingerprint density at radius 1 is 1.40 bits per heavy atom. The molecule has 1 aromatic rings. The van der Waals surface area contributed by atoms with Crippen molar-refractivity contribution < 1.29 is 18.0 Å². The van der Waals surface area contributed by atoms with Crippen molar-refractivity contribution >= 4 is 5.91 Å². The molecule has 1 aromatic carbocycles. The number of carbonyl (C=O) groups is 1. The fraction of sp³-hybridized carbons (Fsp3) is 0.500. The quantitative estimate of drug-likeness (QED) is 0.845. The summed E-state index contributed by atoms with van der Waals surface area (Å²) in [5.41, 5.74) is 5.44. The summed E-state index contributed by atoms with van der Waals surface area (Å²) in [6, 6.07) is 3.47. The number of halogens is 3. The average Bonchev–Trinajstić information content (AvgIpc) is 2.35. The van der Waals surface area contributed by atoms with Gasteiger partial charge in [-0.15, -0.1) is 0 Å². The van der Waals surface area contributed by atoms with Gasteiger partial charge in [0.05, 0.1) is 6.54 Å². The average molecular weight is 288 g/mol. The fourth-order valence-electron chi connectivity index (χ4n) is 1.75. The zero-order valence-corrected chi connectivity index (χ0v) is 11.6. The smallest absolute Gasteiger partial charge is 0.260 e. The first-order valence-electron chi connectivity index (χ1n) is 6.42. The summed E-state index contributed by atoms with van der Waals surface area (Å²) < 4.78 is 39.6. The van der Waals surface area contributed by atoms with Crippen LogP contribution in [0.1, 0.15) is 36.2 Å². The van der Waals surface area contributed by atoms with Crippen LogP contribution in [0.2, 0.25) is 0 Å². The van der Waals surface area contributed by atoms with Crippen molar-refractivity contribution in [3.05, 3.63) is 35.1 Å². The predicted molar refractivity (Wildman–Crippen MR) is 71.3 cm³/mol. The maximum atomic E-state index is 13.2. The lowest BCUT2D eigenvalue weighted by molar-refractivity contribution is 0.00237. The van der Waals surface area contributed by atoms with Gasteiger partial charge < -0.3 is 11.1 Å². The molecule has 0 aliphatic rings. The van der Waals surface area contributed by atoms with Crippen molar-refractivity contribution in [1.82, 2.24) is 5.32 Å². The molecule has 0 fully saturated rings. The van der Waals surface area contributed by atoms with E-state index in [4.69, 9.17) is 5.73 Å². The van der Waals surface area contributed by atoms with Crippen LogP contribution < -0.4 is 11.1 Å². The van der Waals surface area contributed by atoms with Gasteiger partial charge >= 0.3 is 0 Å². The van der Waals surface area contributed by atoms with E-state index in [0.29, 0.717) is 0 Å². The van der Waals surface area contributed by atoms with Crippen molar-refractivity contribution in [3.8, 4) is 0 Å². The van der Waals surface area contributed by atoms with Gasteiger partial charge in [0.15, 0.2) is 0 Å². The highest BCUT2D eigenvalue weighted by Crippen LogP contribution is 2.22. The number of amides is 1. The minimum absolute atomic E-state index is 0.0918. The molecule has 1 amide bonds. The molecule has 0 aliphatic heterocycles. The Hall–Kier alpha value is -1.56. The molecule has 0 spiro atoms. The van der Waals surface area contributed by atoms with Crippen molar-refractivity contribution in [2.45, 2.75) is 38.7 Å². The molecule has 0 aliphatic carbocycles. The molecule has 3 nitrogen and oxygen atoms in total. The van der Waals surface area contributed by atoms with Crippen LogP contribution in [0.3, 0.4) is 0 Å². The topological polar surface area (TPSA) is 55.1 Å². The van der Waals surface area contributed by atoms with Crippen LogP contribution in [0.15, 0.2) is 18.2 Å². The monoisotopic (exact) mass is 288 g/mol. The Kier molecular flexibility index (Phi) is 5.56. The molecule has 0 saturated carbocycles. The zero-order valence-electron chi connectivity index (χ0n) is 11.6. The Balaban J connectivity index is 2.93. The lowest BCUT2D eigenvalue weighted by Crippen LogP contribution is -2.31. The predicted octanol–water partition coefficient (Wildman–Crippen LogP) is 2.49. The fourth-order valence-corrected chi connectivity index (χ4v) is 1.75. The van der Waals surface area contributed by atoms with Crippen LogP contribution in [-0.2, 0) is 6.42 Å². The van der Waals surface area contributed by atoms with Crippen LogP contribution in [0.5, 0.6) is 0 Å². The van der Waals surface area contributed by atoms with E-state index in [1.54, 1.807) is 13.8 Å². The standard InChI is InChI=1S/C14H19F3N2O/c1-9(2)19-13(20)12-4-3-11(15)7-10(12)5-6-14(16,17)8-18/h3-4,7,9H,5-6,8,18H2,1-2H3,(H,19,20). The number of nitrogens with two attached hydrogens (primary N) is 1. The summed E-state index contributed by atoms with van der Waals surface area (Å²) in [5.74, 6) is -3.97. The van der Waals surface area contributed by atoms with Crippen LogP contribution >= 0.6 is 0 Å². The summed E-state index contributed by atoms with van der Waals surface area (Å²) in [4.78, 5) is 11.9. The van der Waals surface area contributed by atoms with E-state index in [0.717, 1.165) is 12.1 Å². The van der Waals surface area contributed by atoms with E-state index in [2.05, 4.69) is 5.32 Å². The first-order chi connectivity index (χ1) is 9.25. The van der Waals surface area contributed by atoms with Gasteiger partial charge in [-0.05, 0) is 44.0 Å². The van der Waals surface area contributed by atoms with Crippen LogP contribution in [-0.4, -0.2) is 24.4 Å². The van der Waals surface area contributed by atoms with E-state index in [1.807, 2.05) is 0 Å². The number of benzene rings is 1. The Bertz CT molecular complexity index is 475. The van der Waals surface area contributed by atoms with E-state index in [-0.39, 0.29) is 23.6 Å². The molecule has 0 atom stereocenters. The molecule has 0 saturated heterocycles. The minimum Gasteiger partial charge on any atom is -0.350 e. The lowest BCUT2D eigenvalue weighted by atomic mass is 9.99. The van der Waals surface area contributed by atoms with Crippen LogP contribution in [0.4, 0.5) is 13.2 Å². The minimum atomic E-state index is -3.02. The Morgan fingerprint density at radius 3 is 2.60 bits per heavy atom. The number of hydrogen-bond acceptors (Lipinski definition) is 2. The number of aryl methyl sites for hydroxylation is 1.